The lowest BCUT2D eigenvalue weighted by molar-refractivity contribution is 0.673. The lowest BCUT2D eigenvalue weighted by Crippen LogP contribution is -2.16. The zero-order valence-corrected chi connectivity index (χ0v) is 30.9. The van der Waals surface area contributed by atoms with Gasteiger partial charge in [-0.2, -0.15) is 0 Å². The molecular formula is C52H38OS. The number of rotatable bonds is 8. The average molecular weight is 711 g/mol. The molecule has 0 fully saturated rings. The molecule has 6 aromatic carbocycles. The first-order valence-corrected chi connectivity index (χ1v) is 18.6. The van der Waals surface area contributed by atoms with E-state index >= 15 is 0 Å². The van der Waals surface area contributed by atoms with E-state index < -0.39 is 0 Å². The molecule has 0 spiro atoms. The molecule has 0 atom stereocenters. The Morgan fingerprint density at radius 2 is 1.17 bits per heavy atom. The Bertz CT molecular complexity index is 3100. The van der Waals surface area contributed by atoms with Crippen molar-refractivity contribution < 1.29 is 4.42 Å². The quantitative estimate of drug-likeness (QED) is 0.143. The van der Waals surface area contributed by atoms with Gasteiger partial charge in [0.25, 0.3) is 0 Å². The van der Waals surface area contributed by atoms with Crippen LogP contribution in [0.5, 0.6) is 0 Å². The van der Waals surface area contributed by atoms with Gasteiger partial charge in [-0.05, 0) is 78.9 Å². The van der Waals surface area contributed by atoms with Gasteiger partial charge >= 0.3 is 0 Å². The maximum atomic E-state index is 6.50. The Labute approximate surface area is 319 Å². The number of hydrogen-bond acceptors (Lipinski definition) is 2. The molecule has 0 saturated heterocycles. The molecule has 0 aliphatic carbocycles. The van der Waals surface area contributed by atoms with E-state index in [1.165, 1.54) is 0 Å². The number of para-hydroxylation sites is 1. The Balaban J connectivity index is 1.31. The molecule has 0 bridgehead atoms. The lowest BCUT2D eigenvalue weighted by Gasteiger charge is -2.16. The fraction of sp³-hybridized carbons (Fsp3) is 0. The summed E-state index contributed by atoms with van der Waals surface area (Å²) in [5, 5.41) is 8.81. The van der Waals surface area contributed by atoms with Gasteiger partial charge in [-0.25, -0.2) is 0 Å². The second kappa shape index (κ2) is 14.4. The minimum absolute atomic E-state index is 0.818. The van der Waals surface area contributed by atoms with Crippen LogP contribution in [0.3, 0.4) is 0 Å². The number of benzene rings is 5. The summed E-state index contributed by atoms with van der Waals surface area (Å²) in [5.74, 6) is 0. The monoisotopic (exact) mass is 710 g/mol. The van der Waals surface area contributed by atoms with E-state index in [1.54, 1.807) is 17.4 Å². The highest BCUT2D eigenvalue weighted by Crippen LogP contribution is 2.39. The van der Waals surface area contributed by atoms with Gasteiger partial charge in [-0.3, -0.25) is 0 Å². The fourth-order valence-electron chi connectivity index (χ4n) is 7.34. The van der Waals surface area contributed by atoms with Gasteiger partial charge in [0.2, 0.25) is 0 Å². The summed E-state index contributed by atoms with van der Waals surface area (Å²) in [5.41, 5.74) is 9.21. The largest absolute Gasteiger partial charge is 0.455 e. The standard InChI is InChI=1S/C52H38OS/c1-7-8-19-33(2)35(4)40-22-13-14-23-41(40)36(5)42-21-12-10-9-11-20-39(43-24-15-16-25-44(42)43)34(3)32-48-37(6)54-52-47(48)31-29-38-28-30-46-45-26-17-18-27-49(45)53-51(46)50(38)52/h7-32H,1-6H2/b10-9?,11-9?,12-10?,19-8-,20-11?,21-12?,39-20?,42-21?,43-39?,44-42?,48-32+. The molecular weight excluding hydrogens is 673 g/mol. The second-order valence-corrected chi connectivity index (χ2v) is 14.4. The molecule has 0 unspecified atom stereocenters. The Hall–Kier alpha value is -6.74. The summed E-state index contributed by atoms with van der Waals surface area (Å²) in [7, 11) is 0. The van der Waals surface area contributed by atoms with Crippen LogP contribution in [0.1, 0.15) is 22.3 Å². The number of hydrogen-bond donors (Lipinski definition) is 0. The van der Waals surface area contributed by atoms with Crippen LogP contribution in [-0.2, 0) is 0 Å². The lowest BCUT2D eigenvalue weighted by atomic mass is 9.87. The van der Waals surface area contributed by atoms with Gasteiger partial charge in [0.15, 0.2) is 0 Å². The van der Waals surface area contributed by atoms with Gasteiger partial charge < -0.3 is 4.42 Å². The van der Waals surface area contributed by atoms with Crippen molar-refractivity contribution in [3.05, 3.63) is 222 Å². The molecule has 8 aromatic rings. The van der Waals surface area contributed by atoms with Crippen LogP contribution in [0.2, 0.25) is 0 Å². The smallest absolute Gasteiger partial charge is 0.144 e. The highest BCUT2D eigenvalue weighted by Gasteiger charge is 2.16. The van der Waals surface area contributed by atoms with Crippen molar-refractivity contribution in [2.24, 2.45) is 0 Å². The Morgan fingerprint density at radius 3 is 1.91 bits per heavy atom. The molecule has 2 heteroatoms. The third-order valence-corrected chi connectivity index (χ3v) is 11.1. The van der Waals surface area contributed by atoms with Crippen LogP contribution < -0.4 is 9.75 Å². The summed E-state index contributed by atoms with van der Waals surface area (Å²) in [6.45, 7) is 26.4. The minimum atomic E-state index is 0.818. The zero-order valence-electron chi connectivity index (χ0n) is 30.1. The number of allylic oxidation sites excluding steroid dienone is 6. The van der Waals surface area contributed by atoms with E-state index in [2.05, 4.69) is 143 Å². The Kier molecular flexibility index (Phi) is 9.13. The highest BCUT2D eigenvalue weighted by molar-refractivity contribution is 7.18. The van der Waals surface area contributed by atoms with Crippen molar-refractivity contribution in [3.8, 4) is 0 Å². The number of furan rings is 1. The normalized spacial score (nSPS) is 11.8. The molecule has 0 saturated carbocycles. The molecule has 54 heavy (non-hydrogen) atoms. The maximum Gasteiger partial charge on any atom is 0.144 e. The van der Waals surface area contributed by atoms with Gasteiger partial charge in [0, 0.05) is 36.0 Å². The first-order valence-electron chi connectivity index (χ1n) is 17.8. The molecule has 2 aromatic heterocycles. The average Bonchev–Trinajstić information content (AvgIpc) is 3.74. The van der Waals surface area contributed by atoms with Crippen molar-refractivity contribution in [3.63, 3.8) is 0 Å². The van der Waals surface area contributed by atoms with Crippen LogP contribution in [-0.4, -0.2) is 0 Å². The molecule has 0 radical (unpaired) electrons. The predicted octanol–water partition coefficient (Wildman–Crippen LogP) is 13.5. The van der Waals surface area contributed by atoms with Crippen LogP contribution in [0.15, 0.2) is 195 Å². The molecule has 8 rings (SSSR count). The Morgan fingerprint density at radius 1 is 0.574 bits per heavy atom. The van der Waals surface area contributed by atoms with Crippen LogP contribution >= 0.6 is 11.3 Å². The van der Waals surface area contributed by atoms with Gasteiger partial charge in [0.1, 0.15) is 11.2 Å². The molecule has 1 nitrogen and oxygen atoms in total. The summed E-state index contributed by atoms with van der Waals surface area (Å²) in [6.07, 6.45) is 7.72. The van der Waals surface area contributed by atoms with E-state index in [1.807, 2.05) is 48.6 Å². The molecule has 0 N–H and O–H groups in total. The van der Waals surface area contributed by atoms with Gasteiger partial charge in [-0.15, -0.1) is 11.3 Å². The second-order valence-electron chi connectivity index (χ2n) is 13.3. The van der Waals surface area contributed by atoms with Crippen molar-refractivity contribution in [2.75, 3.05) is 0 Å². The SMILES string of the molecule is C=C/C=C\C(=C)C(=C)c1ccccc1C(=C)c1ccccccc(C(=C)/C=c2\c(=C)sc3c2ccc2ccc4c5ccccc5oc4c23)c2ccccc12. The summed E-state index contributed by atoms with van der Waals surface area (Å²) >= 11 is 1.70. The van der Waals surface area contributed by atoms with Crippen LogP contribution in [0.25, 0.3) is 82.9 Å². The topological polar surface area (TPSA) is 13.1 Å². The van der Waals surface area contributed by atoms with E-state index in [0.717, 1.165) is 108 Å². The van der Waals surface area contributed by atoms with Gasteiger partial charge in [-0.1, -0.05) is 179 Å². The summed E-state index contributed by atoms with van der Waals surface area (Å²) in [4.78, 5) is 0. The number of fused-ring (bicyclic) bond motifs is 8. The van der Waals surface area contributed by atoms with Crippen molar-refractivity contribution in [1.82, 2.24) is 0 Å². The highest BCUT2D eigenvalue weighted by atomic mass is 32.1. The van der Waals surface area contributed by atoms with Crippen molar-refractivity contribution in [1.29, 1.82) is 0 Å². The van der Waals surface area contributed by atoms with E-state index in [4.69, 9.17) is 4.42 Å². The molecule has 0 amide bonds. The van der Waals surface area contributed by atoms with E-state index in [9.17, 15) is 0 Å². The fourth-order valence-corrected chi connectivity index (χ4v) is 8.46. The van der Waals surface area contributed by atoms with Crippen molar-refractivity contribution >= 4 is 94.3 Å². The van der Waals surface area contributed by atoms with E-state index in [-0.39, 0.29) is 0 Å². The van der Waals surface area contributed by atoms with Crippen LogP contribution in [0.4, 0.5) is 0 Å². The molecule has 258 valence electrons. The predicted molar refractivity (Wildman–Crippen MR) is 239 cm³/mol. The summed E-state index contributed by atoms with van der Waals surface area (Å²) < 4.78 is 8.65. The van der Waals surface area contributed by atoms with Crippen molar-refractivity contribution in [2.45, 2.75) is 0 Å². The van der Waals surface area contributed by atoms with Gasteiger partial charge in [0.05, 0.1) is 0 Å². The molecule has 0 aliphatic heterocycles. The number of thiophene rings is 1. The first kappa shape index (κ1) is 34.4. The summed E-state index contributed by atoms with van der Waals surface area (Å²) in [6, 6.07) is 46.2. The third kappa shape index (κ3) is 6.03. The zero-order chi connectivity index (χ0) is 37.3. The third-order valence-electron chi connectivity index (χ3n) is 10.1. The maximum absolute atomic E-state index is 6.50. The molecule has 0 aliphatic rings. The first-order chi connectivity index (χ1) is 26.4. The van der Waals surface area contributed by atoms with E-state index in [0.29, 0.717) is 0 Å². The van der Waals surface area contributed by atoms with Crippen LogP contribution in [0, 0.1) is 0 Å². The molecule has 2 heterocycles. The minimum Gasteiger partial charge on any atom is -0.455 e.